The van der Waals surface area contributed by atoms with Crippen molar-refractivity contribution >= 4 is 11.8 Å². The van der Waals surface area contributed by atoms with Crippen molar-refractivity contribution in [3.63, 3.8) is 0 Å². The number of nitrogens with zero attached hydrogens (tertiary/aromatic N) is 1. The lowest BCUT2D eigenvalue weighted by Crippen LogP contribution is -2.31. The molecule has 1 aliphatic rings. The van der Waals surface area contributed by atoms with Gasteiger partial charge in [-0.05, 0) is 29.7 Å². The van der Waals surface area contributed by atoms with E-state index in [4.69, 9.17) is 4.74 Å². The quantitative estimate of drug-likeness (QED) is 0.833. The zero-order valence-corrected chi connectivity index (χ0v) is 15.1. The van der Waals surface area contributed by atoms with Crippen LogP contribution >= 0.6 is 0 Å². The van der Waals surface area contributed by atoms with Gasteiger partial charge in [-0.15, -0.1) is 0 Å². The highest BCUT2D eigenvalue weighted by molar-refractivity contribution is 5.92. The number of amides is 2. The SMILES string of the molecule is COc1ccc(CNC(=O)C2CC2C(=O)N(C)Cc2ccccc2)cc1. The summed E-state index contributed by atoms with van der Waals surface area (Å²) in [5.41, 5.74) is 2.09. The van der Waals surface area contributed by atoms with E-state index in [1.54, 1.807) is 19.1 Å². The summed E-state index contributed by atoms with van der Waals surface area (Å²) in [5.74, 6) is 0.374. The second-order valence-electron chi connectivity index (χ2n) is 6.69. The number of methoxy groups -OCH3 is 1. The summed E-state index contributed by atoms with van der Waals surface area (Å²) in [6, 6.07) is 17.4. The van der Waals surface area contributed by atoms with Gasteiger partial charge in [0.25, 0.3) is 0 Å². The number of carbonyl (C=O) groups is 2. The molecule has 3 rings (SSSR count). The highest BCUT2D eigenvalue weighted by atomic mass is 16.5. The number of ether oxygens (including phenoxy) is 1. The Kier molecular flexibility index (Phi) is 5.56. The van der Waals surface area contributed by atoms with Crippen LogP contribution in [0.2, 0.25) is 0 Å². The third-order valence-electron chi connectivity index (χ3n) is 4.71. The summed E-state index contributed by atoms with van der Waals surface area (Å²) >= 11 is 0. The number of carbonyl (C=O) groups excluding carboxylic acids is 2. The molecule has 0 radical (unpaired) electrons. The topological polar surface area (TPSA) is 58.6 Å². The molecule has 1 fully saturated rings. The average Bonchev–Trinajstić information content (AvgIpc) is 3.47. The van der Waals surface area contributed by atoms with Crippen LogP contribution in [0.15, 0.2) is 54.6 Å². The van der Waals surface area contributed by atoms with Crippen LogP contribution in [0.1, 0.15) is 17.5 Å². The molecule has 0 bridgehead atoms. The number of benzene rings is 2. The molecule has 0 spiro atoms. The van der Waals surface area contributed by atoms with Crippen LogP contribution in [-0.2, 0) is 22.7 Å². The Morgan fingerprint density at radius 3 is 2.38 bits per heavy atom. The van der Waals surface area contributed by atoms with Gasteiger partial charge in [0, 0.05) is 20.1 Å². The molecule has 0 aliphatic heterocycles. The van der Waals surface area contributed by atoms with Gasteiger partial charge in [-0.2, -0.15) is 0 Å². The van der Waals surface area contributed by atoms with E-state index in [1.165, 1.54) is 0 Å². The molecular formula is C21H24N2O3. The first-order valence-electron chi connectivity index (χ1n) is 8.78. The first kappa shape index (κ1) is 18.0. The van der Waals surface area contributed by atoms with Crippen molar-refractivity contribution in [3.8, 4) is 5.75 Å². The number of nitrogens with one attached hydrogen (secondary N) is 1. The van der Waals surface area contributed by atoms with Crippen molar-refractivity contribution in [3.05, 3.63) is 65.7 Å². The summed E-state index contributed by atoms with van der Waals surface area (Å²) in [7, 11) is 3.41. The predicted octanol–water partition coefficient (Wildman–Crippen LogP) is 2.61. The summed E-state index contributed by atoms with van der Waals surface area (Å²) in [6.45, 7) is 1.02. The van der Waals surface area contributed by atoms with E-state index in [0.717, 1.165) is 16.9 Å². The van der Waals surface area contributed by atoms with E-state index < -0.39 is 0 Å². The molecule has 0 aromatic heterocycles. The van der Waals surface area contributed by atoms with Crippen molar-refractivity contribution in [2.45, 2.75) is 19.5 Å². The van der Waals surface area contributed by atoms with Gasteiger partial charge in [-0.3, -0.25) is 9.59 Å². The molecule has 0 heterocycles. The Labute approximate surface area is 154 Å². The van der Waals surface area contributed by atoms with Crippen molar-refractivity contribution in [1.82, 2.24) is 10.2 Å². The van der Waals surface area contributed by atoms with Crippen molar-refractivity contribution in [2.24, 2.45) is 11.8 Å². The van der Waals surface area contributed by atoms with E-state index in [9.17, 15) is 9.59 Å². The molecule has 2 aromatic carbocycles. The fraction of sp³-hybridized carbons (Fsp3) is 0.333. The Bertz CT molecular complexity index is 759. The Hall–Kier alpha value is -2.82. The average molecular weight is 352 g/mol. The standard InChI is InChI=1S/C21H24N2O3/c1-23(14-16-6-4-3-5-7-16)21(25)19-12-18(19)20(24)22-13-15-8-10-17(26-2)11-9-15/h3-11,18-19H,12-14H2,1-2H3,(H,22,24). The maximum Gasteiger partial charge on any atom is 0.226 e. The van der Waals surface area contributed by atoms with Gasteiger partial charge in [-0.1, -0.05) is 42.5 Å². The minimum absolute atomic E-state index is 0.0402. The second-order valence-corrected chi connectivity index (χ2v) is 6.69. The van der Waals surface area contributed by atoms with E-state index in [2.05, 4.69) is 5.32 Å². The molecule has 2 atom stereocenters. The van der Waals surface area contributed by atoms with Gasteiger partial charge in [0.15, 0.2) is 0 Å². The molecule has 2 aromatic rings. The fourth-order valence-electron chi connectivity index (χ4n) is 3.04. The predicted molar refractivity (Wildman–Crippen MR) is 99.4 cm³/mol. The minimum atomic E-state index is -0.209. The van der Waals surface area contributed by atoms with Gasteiger partial charge in [0.05, 0.1) is 18.9 Å². The first-order chi connectivity index (χ1) is 12.6. The molecule has 5 nitrogen and oxygen atoms in total. The summed E-state index contributed by atoms with van der Waals surface area (Å²) in [5, 5.41) is 2.92. The van der Waals surface area contributed by atoms with Gasteiger partial charge in [-0.25, -0.2) is 0 Å². The number of rotatable bonds is 7. The molecule has 1 N–H and O–H groups in total. The Morgan fingerprint density at radius 2 is 1.73 bits per heavy atom. The molecule has 136 valence electrons. The van der Waals surface area contributed by atoms with Crippen LogP contribution < -0.4 is 10.1 Å². The van der Waals surface area contributed by atoms with Crippen molar-refractivity contribution in [1.29, 1.82) is 0 Å². The highest BCUT2D eigenvalue weighted by Gasteiger charge is 2.48. The van der Waals surface area contributed by atoms with Gasteiger partial charge < -0.3 is 15.0 Å². The largest absolute Gasteiger partial charge is 0.497 e. The van der Waals surface area contributed by atoms with Gasteiger partial charge >= 0.3 is 0 Å². The first-order valence-corrected chi connectivity index (χ1v) is 8.78. The smallest absolute Gasteiger partial charge is 0.226 e. The Morgan fingerprint density at radius 1 is 1.04 bits per heavy atom. The monoisotopic (exact) mass is 352 g/mol. The third kappa shape index (κ3) is 4.42. The maximum absolute atomic E-state index is 12.5. The van der Waals surface area contributed by atoms with Gasteiger partial charge in [0.1, 0.15) is 5.75 Å². The Balaban J connectivity index is 1.46. The third-order valence-corrected chi connectivity index (χ3v) is 4.71. The van der Waals surface area contributed by atoms with E-state index in [0.29, 0.717) is 19.5 Å². The van der Waals surface area contributed by atoms with E-state index in [1.807, 2.05) is 54.6 Å². The normalized spacial score (nSPS) is 18.1. The fourth-order valence-corrected chi connectivity index (χ4v) is 3.04. The minimum Gasteiger partial charge on any atom is -0.497 e. The van der Waals surface area contributed by atoms with Crippen LogP contribution in [0.3, 0.4) is 0 Å². The molecule has 2 unspecified atom stereocenters. The molecule has 5 heteroatoms. The lowest BCUT2D eigenvalue weighted by molar-refractivity contribution is -0.134. The van der Waals surface area contributed by atoms with Gasteiger partial charge in [0.2, 0.25) is 11.8 Å². The van der Waals surface area contributed by atoms with Crippen molar-refractivity contribution < 1.29 is 14.3 Å². The molecule has 0 saturated heterocycles. The molecule has 2 amide bonds. The number of hydrogen-bond acceptors (Lipinski definition) is 3. The summed E-state index contributed by atoms with van der Waals surface area (Å²) < 4.78 is 5.12. The second kappa shape index (κ2) is 8.04. The van der Waals surface area contributed by atoms with Crippen molar-refractivity contribution in [2.75, 3.05) is 14.2 Å². The summed E-state index contributed by atoms with van der Waals surface area (Å²) in [6.07, 6.45) is 0.631. The molecular weight excluding hydrogens is 328 g/mol. The molecule has 1 aliphatic carbocycles. The lowest BCUT2D eigenvalue weighted by Gasteiger charge is -2.17. The van der Waals surface area contributed by atoms with Crippen LogP contribution in [0.4, 0.5) is 0 Å². The van der Waals surface area contributed by atoms with E-state index >= 15 is 0 Å². The lowest BCUT2D eigenvalue weighted by atomic mass is 10.2. The molecule has 1 saturated carbocycles. The van der Waals surface area contributed by atoms with Crippen LogP contribution in [0.25, 0.3) is 0 Å². The van der Waals surface area contributed by atoms with Crippen LogP contribution in [-0.4, -0.2) is 30.9 Å². The van der Waals surface area contributed by atoms with E-state index in [-0.39, 0.29) is 23.7 Å². The zero-order chi connectivity index (χ0) is 18.5. The maximum atomic E-state index is 12.5. The van der Waals surface area contributed by atoms with Crippen LogP contribution in [0.5, 0.6) is 5.75 Å². The highest BCUT2D eigenvalue weighted by Crippen LogP contribution is 2.40. The zero-order valence-electron chi connectivity index (χ0n) is 15.1. The number of hydrogen-bond donors (Lipinski definition) is 1. The molecule has 26 heavy (non-hydrogen) atoms. The van der Waals surface area contributed by atoms with Crippen LogP contribution in [0, 0.1) is 11.8 Å². The summed E-state index contributed by atoms with van der Waals surface area (Å²) in [4.78, 5) is 26.5.